The second kappa shape index (κ2) is 9.14. The molecule has 1 atom stereocenters. The van der Waals surface area contributed by atoms with Crippen molar-refractivity contribution in [3.8, 4) is 0 Å². The molecule has 1 rings (SSSR count). The Hall–Kier alpha value is -2.68. The van der Waals surface area contributed by atoms with Gasteiger partial charge in [0.25, 0.3) is 5.91 Å². The van der Waals surface area contributed by atoms with Crippen LogP contribution in [0.5, 0.6) is 0 Å². The average molecular weight is 364 g/mol. The van der Waals surface area contributed by atoms with E-state index in [1.54, 1.807) is 13.1 Å². The van der Waals surface area contributed by atoms with E-state index in [2.05, 4.69) is 10.3 Å². The molecule has 0 saturated carbocycles. The Balaban J connectivity index is 2.91. The molecule has 0 saturated heterocycles. The first-order valence-electron chi connectivity index (χ1n) is 8.26. The summed E-state index contributed by atoms with van der Waals surface area (Å²) in [5.74, 6) is -1.01. The first kappa shape index (κ1) is 21.4. The Morgan fingerprint density at radius 3 is 2.42 bits per heavy atom. The number of nitrogens with one attached hydrogen (secondary N) is 1. The molecule has 1 aromatic heterocycles. The predicted octanol–water partition coefficient (Wildman–Crippen LogP) is 0.0583. The van der Waals surface area contributed by atoms with E-state index in [1.165, 1.54) is 28.8 Å². The maximum Gasteiger partial charge on any atom is 0.290 e. The van der Waals surface area contributed by atoms with Gasteiger partial charge in [-0.15, -0.1) is 0 Å². The fourth-order valence-electron chi connectivity index (χ4n) is 2.51. The van der Waals surface area contributed by atoms with Gasteiger partial charge < -0.3 is 25.4 Å². The molecule has 3 N–H and O–H groups in total. The standard InChI is InChI=1S/C17H28N6O3/c1-11(2)14(15(18)25)23(6)17(26)16-19-10-12(22(16)5)20-13(24)8-7-9-21(3)4/h7-8,10-11,14H,9H2,1-6H3,(H2,18,25)(H,20,24)/b8-7+/t14-/m0/s1. The third-order valence-electron chi connectivity index (χ3n) is 3.83. The number of rotatable bonds is 8. The van der Waals surface area contributed by atoms with Gasteiger partial charge in [-0.2, -0.15) is 0 Å². The van der Waals surface area contributed by atoms with Gasteiger partial charge in [-0.25, -0.2) is 4.98 Å². The van der Waals surface area contributed by atoms with Gasteiger partial charge in [0.15, 0.2) is 0 Å². The van der Waals surface area contributed by atoms with Crippen LogP contribution in [0.1, 0.15) is 24.5 Å². The number of imidazole rings is 1. The molecule has 1 heterocycles. The molecule has 0 aliphatic carbocycles. The van der Waals surface area contributed by atoms with E-state index in [-0.39, 0.29) is 17.6 Å². The number of nitrogens with two attached hydrogens (primary N) is 1. The Kier molecular flexibility index (Phi) is 7.51. The van der Waals surface area contributed by atoms with Gasteiger partial charge in [0.2, 0.25) is 17.6 Å². The van der Waals surface area contributed by atoms with E-state index in [1.807, 2.05) is 32.8 Å². The summed E-state index contributed by atoms with van der Waals surface area (Å²) in [6.45, 7) is 4.25. The summed E-state index contributed by atoms with van der Waals surface area (Å²) >= 11 is 0. The molecular formula is C17H28N6O3. The van der Waals surface area contributed by atoms with E-state index >= 15 is 0 Å². The summed E-state index contributed by atoms with van der Waals surface area (Å²) in [6, 6.07) is -0.744. The van der Waals surface area contributed by atoms with Gasteiger partial charge in [0, 0.05) is 26.7 Å². The van der Waals surface area contributed by atoms with Crippen molar-refractivity contribution in [2.45, 2.75) is 19.9 Å². The highest BCUT2D eigenvalue weighted by Crippen LogP contribution is 2.15. The molecule has 0 fully saturated rings. The molecule has 0 aliphatic heterocycles. The Labute approximate surface area is 153 Å². The highest BCUT2D eigenvalue weighted by atomic mass is 16.2. The van der Waals surface area contributed by atoms with Crippen LogP contribution in [-0.4, -0.2) is 70.8 Å². The Morgan fingerprint density at radius 1 is 1.31 bits per heavy atom. The normalized spacial score (nSPS) is 12.6. The highest BCUT2D eigenvalue weighted by molar-refractivity contribution is 6.00. The van der Waals surface area contributed by atoms with Crippen molar-refractivity contribution >= 4 is 23.5 Å². The zero-order chi connectivity index (χ0) is 20.0. The lowest BCUT2D eigenvalue weighted by atomic mass is 10.0. The van der Waals surface area contributed by atoms with E-state index < -0.39 is 17.9 Å². The van der Waals surface area contributed by atoms with Gasteiger partial charge in [0.05, 0.1) is 6.20 Å². The summed E-state index contributed by atoms with van der Waals surface area (Å²) in [5.41, 5.74) is 5.40. The topological polar surface area (TPSA) is 114 Å². The van der Waals surface area contributed by atoms with Crippen LogP contribution >= 0.6 is 0 Å². The smallest absolute Gasteiger partial charge is 0.290 e. The number of carbonyl (C=O) groups excluding carboxylic acids is 3. The molecule has 0 spiro atoms. The Bertz CT molecular complexity index is 693. The van der Waals surface area contributed by atoms with Crippen LogP contribution in [0.2, 0.25) is 0 Å². The lowest BCUT2D eigenvalue weighted by Crippen LogP contribution is -2.49. The summed E-state index contributed by atoms with van der Waals surface area (Å²) in [6.07, 6.45) is 4.54. The fraction of sp³-hybridized carbons (Fsp3) is 0.529. The SMILES string of the molecule is CC(C)[C@@H](C(N)=O)N(C)C(=O)c1ncc(NC(=O)/C=C/CN(C)C)n1C. The zero-order valence-electron chi connectivity index (χ0n) is 16.2. The van der Waals surface area contributed by atoms with Gasteiger partial charge in [-0.3, -0.25) is 14.4 Å². The van der Waals surface area contributed by atoms with Crippen LogP contribution in [0.4, 0.5) is 5.82 Å². The van der Waals surface area contributed by atoms with Gasteiger partial charge >= 0.3 is 0 Å². The number of hydrogen-bond acceptors (Lipinski definition) is 5. The van der Waals surface area contributed by atoms with Crippen molar-refractivity contribution in [1.29, 1.82) is 0 Å². The molecule has 0 unspecified atom stereocenters. The molecule has 9 nitrogen and oxygen atoms in total. The van der Waals surface area contributed by atoms with Gasteiger partial charge in [-0.1, -0.05) is 19.9 Å². The molecule has 0 radical (unpaired) electrons. The zero-order valence-corrected chi connectivity index (χ0v) is 16.2. The first-order valence-corrected chi connectivity index (χ1v) is 8.26. The van der Waals surface area contributed by atoms with Crippen LogP contribution < -0.4 is 11.1 Å². The lowest BCUT2D eigenvalue weighted by molar-refractivity contribution is -0.123. The quantitative estimate of drug-likeness (QED) is 0.633. The number of nitrogens with zero attached hydrogens (tertiary/aromatic N) is 4. The van der Waals surface area contributed by atoms with Crippen molar-refractivity contribution < 1.29 is 14.4 Å². The lowest BCUT2D eigenvalue weighted by Gasteiger charge is -2.28. The number of likely N-dealkylation sites (N-methyl/N-ethyl adjacent to an activating group) is 2. The minimum Gasteiger partial charge on any atom is -0.368 e. The second-order valence-corrected chi connectivity index (χ2v) is 6.69. The molecule has 9 heteroatoms. The molecular weight excluding hydrogens is 336 g/mol. The number of anilines is 1. The van der Waals surface area contributed by atoms with Gasteiger partial charge in [0.1, 0.15) is 11.9 Å². The second-order valence-electron chi connectivity index (χ2n) is 6.69. The third kappa shape index (κ3) is 5.41. The van der Waals surface area contributed by atoms with Crippen LogP contribution in [0.3, 0.4) is 0 Å². The van der Waals surface area contributed by atoms with Crippen molar-refractivity contribution in [2.75, 3.05) is 33.0 Å². The van der Waals surface area contributed by atoms with Gasteiger partial charge in [-0.05, 0) is 20.0 Å². The van der Waals surface area contributed by atoms with Crippen LogP contribution in [-0.2, 0) is 16.6 Å². The molecule has 3 amide bonds. The minimum atomic E-state index is -0.744. The number of carbonyl (C=O) groups is 3. The summed E-state index contributed by atoms with van der Waals surface area (Å²) in [4.78, 5) is 43.5. The summed E-state index contributed by atoms with van der Waals surface area (Å²) < 4.78 is 1.47. The van der Waals surface area contributed by atoms with Crippen LogP contribution in [0.25, 0.3) is 0 Å². The average Bonchev–Trinajstić information content (AvgIpc) is 2.86. The van der Waals surface area contributed by atoms with E-state index in [4.69, 9.17) is 5.73 Å². The third-order valence-corrected chi connectivity index (χ3v) is 3.83. The number of primary amides is 1. The minimum absolute atomic E-state index is 0.104. The van der Waals surface area contributed by atoms with Crippen molar-refractivity contribution in [3.63, 3.8) is 0 Å². The molecule has 1 aromatic rings. The summed E-state index contributed by atoms with van der Waals surface area (Å²) in [5, 5.41) is 2.67. The van der Waals surface area contributed by atoms with E-state index in [9.17, 15) is 14.4 Å². The first-order chi connectivity index (χ1) is 12.1. The van der Waals surface area contributed by atoms with Crippen LogP contribution in [0.15, 0.2) is 18.3 Å². The van der Waals surface area contributed by atoms with Crippen molar-refractivity contribution in [1.82, 2.24) is 19.4 Å². The maximum atomic E-state index is 12.7. The molecule has 0 bridgehead atoms. The molecule has 0 aromatic carbocycles. The molecule has 26 heavy (non-hydrogen) atoms. The van der Waals surface area contributed by atoms with E-state index in [0.29, 0.717) is 12.4 Å². The van der Waals surface area contributed by atoms with Crippen molar-refractivity contribution in [3.05, 3.63) is 24.2 Å². The molecule has 144 valence electrons. The van der Waals surface area contributed by atoms with Crippen LogP contribution in [0, 0.1) is 5.92 Å². The number of aromatic nitrogens is 2. The molecule has 0 aliphatic rings. The predicted molar refractivity (Wildman–Crippen MR) is 99.4 cm³/mol. The summed E-state index contributed by atoms with van der Waals surface area (Å²) in [7, 11) is 6.92. The maximum absolute atomic E-state index is 12.7. The monoisotopic (exact) mass is 364 g/mol. The van der Waals surface area contributed by atoms with Crippen molar-refractivity contribution in [2.24, 2.45) is 18.7 Å². The van der Waals surface area contributed by atoms with E-state index in [0.717, 1.165) is 0 Å². The largest absolute Gasteiger partial charge is 0.368 e. The number of hydrogen-bond donors (Lipinski definition) is 2. The number of amides is 3. The Morgan fingerprint density at radius 2 is 1.92 bits per heavy atom. The fourth-order valence-corrected chi connectivity index (χ4v) is 2.51. The highest BCUT2D eigenvalue weighted by Gasteiger charge is 2.30.